The Morgan fingerprint density at radius 1 is 1.42 bits per heavy atom. The molecule has 70 valence electrons. The smallest absolute Gasteiger partial charge is 0.164 e. The van der Waals surface area contributed by atoms with Gasteiger partial charge in [-0.15, -0.1) is 0 Å². The fraction of sp³-hybridized carbons (Fsp3) is 1.00. The molecule has 0 amide bonds. The Morgan fingerprint density at radius 2 is 2.17 bits per heavy atom. The maximum Gasteiger partial charge on any atom is 0.164 e. The lowest BCUT2D eigenvalue weighted by Gasteiger charge is -2.20. The molecule has 2 rings (SSSR count). The number of ether oxygens (including phenoxy) is 3. The van der Waals surface area contributed by atoms with Gasteiger partial charge in [-0.1, -0.05) is 0 Å². The summed E-state index contributed by atoms with van der Waals surface area (Å²) in [4.78, 5) is 0. The monoisotopic (exact) mass is 174 g/mol. The van der Waals surface area contributed by atoms with Crippen molar-refractivity contribution in [1.82, 2.24) is 0 Å². The summed E-state index contributed by atoms with van der Waals surface area (Å²) < 4.78 is 16.4. The van der Waals surface area contributed by atoms with Crippen LogP contribution in [0.4, 0.5) is 0 Å². The molecule has 0 aromatic heterocycles. The largest absolute Gasteiger partial charge is 0.394 e. The molecule has 0 spiro atoms. The number of fused-ring (bicyclic) bond motifs is 1. The van der Waals surface area contributed by atoms with Crippen molar-refractivity contribution in [2.45, 2.75) is 37.9 Å². The first kappa shape index (κ1) is 8.44. The Balaban J connectivity index is 2.06. The summed E-state index contributed by atoms with van der Waals surface area (Å²) in [6, 6.07) is 0. The first-order chi connectivity index (χ1) is 5.62. The molecule has 4 heteroatoms. The summed E-state index contributed by atoms with van der Waals surface area (Å²) in [5, 5.41) is 8.92. The highest BCUT2D eigenvalue weighted by Crippen LogP contribution is 2.34. The second-order valence-electron chi connectivity index (χ2n) is 3.69. The number of aliphatic hydroxyl groups excluding tert-OH is 1. The lowest BCUT2D eigenvalue weighted by Crippen LogP contribution is -2.31. The van der Waals surface area contributed by atoms with Crippen LogP contribution in [0.15, 0.2) is 0 Å². The van der Waals surface area contributed by atoms with Crippen LogP contribution in [0.1, 0.15) is 13.8 Å². The van der Waals surface area contributed by atoms with Crippen molar-refractivity contribution in [3.8, 4) is 0 Å². The van der Waals surface area contributed by atoms with Gasteiger partial charge < -0.3 is 19.3 Å². The highest BCUT2D eigenvalue weighted by molar-refractivity contribution is 4.91. The average molecular weight is 174 g/mol. The quantitative estimate of drug-likeness (QED) is 0.603. The summed E-state index contributed by atoms with van der Waals surface area (Å²) in [6.07, 6.45) is -0.307. The minimum Gasteiger partial charge on any atom is -0.394 e. The second-order valence-corrected chi connectivity index (χ2v) is 3.69. The third-order valence-corrected chi connectivity index (χ3v) is 2.24. The van der Waals surface area contributed by atoms with Gasteiger partial charge in [-0.25, -0.2) is 0 Å². The Morgan fingerprint density at radius 3 is 2.83 bits per heavy atom. The van der Waals surface area contributed by atoms with Crippen molar-refractivity contribution in [1.29, 1.82) is 0 Å². The van der Waals surface area contributed by atoms with Gasteiger partial charge in [-0.05, 0) is 13.8 Å². The predicted molar refractivity (Wildman–Crippen MR) is 40.7 cm³/mol. The normalized spacial score (nSPS) is 44.8. The Bertz CT molecular complexity index is 180. The summed E-state index contributed by atoms with van der Waals surface area (Å²) in [5.74, 6) is -0.521. The Hall–Kier alpha value is -0.160. The molecule has 2 saturated heterocycles. The van der Waals surface area contributed by atoms with E-state index in [4.69, 9.17) is 19.3 Å². The molecule has 3 atom stereocenters. The molecule has 2 heterocycles. The summed E-state index contributed by atoms with van der Waals surface area (Å²) in [6.45, 7) is 4.28. The molecular weight excluding hydrogens is 160 g/mol. The van der Waals surface area contributed by atoms with Gasteiger partial charge in [0.1, 0.15) is 18.3 Å². The summed E-state index contributed by atoms with van der Waals surface area (Å²) in [7, 11) is 0. The van der Waals surface area contributed by atoms with E-state index in [1.807, 2.05) is 13.8 Å². The fourth-order valence-electron chi connectivity index (χ4n) is 1.78. The minimum atomic E-state index is -0.521. The van der Waals surface area contributed by atoms with E-state index < -0.39 is 5.79 Å². The van der Waals surface area contributed by atoms with Crippen LogP contribution in [0.25, 0.3) is 0 Å². The zero-order chi connectivity index (χ0) is 8.77. The van der Waals surface area contributed by atoms with Crippen molar-refractivity contribution < 1.29 is 19.3 Å². The number of hydrogen-bond donors (Lipinski definition) is 1. The van der Waals surface area contributed by atoms with Gasteiger partial charge in [0, 0.05) is 0 Å². The topological polar surface area (TPSA) is 47.9 Å². The van der Waals surface area contributed by atoms with Crippen LogP contribution in [0.5, 0.6) is 0 Å². The van der Waals surface area contributed by atoms with E-state index in [0.717, 1.165) is 0 Å². The third-order valence-electron chi connectivity index (χ3n) is 2.24. The molecule has 2 fully saturated rings. The van der Waals surface area contributed by atoms with Gasteiger partial charge in [-0.2, -0.15) is 0 Å². The average Bonchev–Trinajstić information content (AvgIpc) is 2.42. The summed E-state index contributed by atoms with van der Waals surface area (Å²) in [5.41, 5.74) is 0. The van der Waals surface area contributed by atoms with Crippen LogP contribution in [0.2, 0.25) is 0 Å². The van der Waals surface area contributed by atoms with Crippen LogP contribution >= 0.6 is 0 Å². The van der Waals surface area contributed by atoms with Crippen LogP contribution < -0.4 is 0 Å². The lowest BCUT2D eigenvalue weighted by molar-refractivity contribution is -0.177. The van der Waals surface area contributed by atoms with Crippen molar-refractivity contribution in [3.63, 3.8) is 0 Å². The Kier molecular flexibility index (Phi) is 1.88. The van der Waals surface area contributed by atoms with Crippen molar-refractivity contribution >= 4 is 0 Å². The molecule has 0 radical (unpaired) electrons. The molecule has 0 aromatic carbocycles. The van der Waals surface area contributed by atoms with Gasteiger partial charge in [0.2, 0.25) is 0 Å². The first-order valence-electron chi connectivity index (χ1n) is 4.20. The van der Waals surface area contributed by atoms with Gasteiger partial charge in [0.15, 0.2) is 5.79 Å². The van der Waals surface area contributed by atoms with Crippen LogP contribution in [0, 0.1) is 0 Å². The Labute approximate surface area is 71.4 Å². The number of aliphatic hydroxyl groups is 1. The van der Waals surface area contributed by atoms with E-state index in [2.05, 4.69) is 0 Å². The highest BCUT2D eigenvalue weighted by Gasteiger charge is 2.49. The minimum absolute atomic E-state index is 0.000602. The zero-order valence-corrected chi connectivity index (χ0v) is 7.32. The van der Waals surface area contributed by atoms with Gasteiger partial charge >= 0.3 is 0 Å². The number of rotatable bonds is 1. The van der Waals surface area contributed by atoms with Crippen molar-refractivity contribution in [3.05, 3.63) is 0 Å². The second kappa shape index (κ2) is 2.67. The lowest BCUT2D eigenvalue weighted by atomic mass is 10.2. The van der Waals surface area contributed by atoms with Crippen LogP contribution in [-0.4, -0.2) is 42.4 Å². The third kappa shape index (κ3) is 1.25. The van der Waals surface area contributed by atoms with E-state index in [1.54, 1.807) is 0 Å². The zero-order valence-electron chi connectivity index (χ0n) is 7.32. The predicted octanol–water partition coefficient (Wildman–Crippen LogP) is -0.102. The molecular formula is C8H14O4. The van der Waals surface area contributed by atoms with E-state index in [-0.39, 0.29) is 24.9 Å². The van der Waals surface area contributed by atoms with Crippen molar-refractivity contribution in [2.24, 2.45) is 0 Å². The SMILES string of the molecule is CC1(C)O[C@H]2COC(CO)[C@H]2O1. The molecule has 2 aliphatic rings. The van der Waals surface area contributed by atoms with Gasteiger partial charge in [0.25, 0.3) is 0 Å². The van der Waals surface area contributed by atoms with E-state index in [0.29, 0.717) is 6.61 Å². The fourth-order valence-corrected chi connectivity index (χ4v) is 1.78. The van der Waals surface area contributed by atoms with Crippen molar-refractivity contribution in [2.75, 3.05) is 13.2 Å². The number of hydrogen-bond acceptors (Lipinski definition) is 4. The molecule has 0 aliphatic carbocycles. The maximum atomic E-state index is 8.92. The molecule has 1 unspecified atom stereocenters. The van der Waals surface area contributed by atoms with Crippen LogP contribution in [0.3, 0.4) is 0 Å². The van der Waals surface area contributed by atoms with Gasteiger partial charge in [-0.3, -0.25) is 0 Å². The van der Waals surface area contributed by atoms with E-state index in [9.17, 15) is 0 Å². The molecule has 2 aliphatic heterocycles. The highest BCUT2D eigenvalue weighted by atomic mass is 16.8. The molecule has 0 aromatic rings. The molecule has 0 bridgehead atoms. The molecule has 12 heavy (non-hydrogen) atoms. The van der Waals surface area contributed by atoms with E-state index >= 15 is 0 Å². The molecule has 0 saturated carbocycles. The van der Waals surface area contributed by atoms with Crippen LogP contribution in [-0.2, 0) is 14.2 Å². The summed E-state index contributed by atoms with van der Waals surface area (Å²) >= 11 is 0. The maximum absolute atomic E-state index is 8.92. The molecule has 4 nitrogen and oxygen atoms in total. The van der Waals surface area contributed by atoms with E-state index in [1.165, 1.54) is 0 Å². The van der Waals surface area contributed by atoms with Gasteiger partial charge in [0.05, 0.1) is 13.2 Å². The standard InChI is InChI=1S/C8H14O4/c1-8(2)11-6-4-10-5(3-9)7(6)12-8/h5-7,9H,3-4H2,1-2H3/t5?,6-,7+/m0/s1. The first-order valence-corrected chi connectivity index (χ1v) is 4.20. The molecule has 1 N–H and O–H groups in total.